The Hall–Kier alpha value is -1.43. The summed E-state index contributed by atoms with van der Waals surface area (Å²) < 4.78 is 19.0. The summed E-state index contributed by atoms with van der Waals surface area (Å²) in [5.74, 6) is -0.950. The van der Waals surface area contributed by atoms with Crippen LogP contribution in [-0.2, 0) is 14.3 Å². The molecule has 2 bridgehead atoms. The largest absolute Gasteiger partial charge is 0.469 e. The molecule has 1 aromatic carbocycles. The molecule has 6 heteroatoms. The van der Waals surface area contributed by atoms with E-state index < -0.39 is 16.6 Å². The summed E-state index contributed by atoms with van der Waals surface area (Å²) in [5.41, 5.74) is -0.826. The molecule has 3 saturated carbocycles. The first kappa shape index (κ1) is 13.5. The molecule has 4 rings (SSSR count). The first-order valence-electron chi connectivity index (χ1n) is 6.26. The summed E-state index contributed by atoms with van der Waals surface area (Å²) in [6.07, 6.45) is 1.49. The van der Waals surface area contributed by atoms with Gasteiger partial charge < -0.3 is 10.1 Å². The Morgan fingerprint density at radius 2 is 1.95 bits per heavy atom. The van der Waals surface area contributed by atoms with Gasteiger partial charge in [-0.2, -0.15) is 0 Å². The summed E-state index contributed by atoms with van der Waals surface area (Å²) in [4.78, 5) is 23.8. The number of hydrogen-bond acceptors (Lipinski definition) is 3. The number of benzene rings is 1. The third-order valence-corrected chi connectivity index (χ3v) is 4.80. The summed E-state index contributed by atoms with van der Waals surface area (Å²) in [7, 11) is 1.35. The van der Waals surface area contributed by atoms with Crippen LogP contribution in [0, 0.1) is 16.6 Å². The van der Waals surface area contributed by atoms with Crippen molar-refractivity contribution in [2.45, 2.75) is 19.3 Å². The van der Waals surface area contributed by atoms with E-state index >= 15 is 0 Å². The van der Waals surface area contributed by atoms with Crippen LogP contribution in [0.1, 0.15) is 19.3 Å². The van der Waals surface area contributed by atoms with Gasteiger partial charge in [-0.3, -0.25) is 9.59 Å². The zero-order valence-corrected chi connectivity index (χ0v) is 12.4. The molecule has 3 aliphatic rings. The van der Waals surface area contributed by atoms with Gasteiger partial charge in [-0.15, -0.1) is 0 Å². The number of nitrogens with one attached hydrogen (secondary N) is 1. The number of ether oxygens (including phenoxy) is 1. The van der Waals surface area contributed by atoms with Gasteiger partial charge in [-0.1, -0.05) is 15.9 Å². The van der Waals surface area contributed by atoms with Crippen LogP contribution >= 0.6 is 15.9 Å². The van der Waals surface area contributed by atoms with Crippen LogP contribution in [0.4, 0.5) is 10.1 Å². The highest BCUT2D eigenvalue weighted by Crippen LogP contribution is 2.73. The molecule has 4 nitrogen and oxygen atoms in total. The van der Waals surface area contributed by atoms with Crippen LogP contribution < -0.4 is 5.32 Å². The lowest BCUT2D eigenvalue weighted by Crippen LogP contribution is -2.69. The van der Waals surface area contributed by atoms with Crippen molar-refractivity contribution in [1.82, 2.24) is 0 Å². The predicted octanol–water partition coefficient (Wildman–Crippen LogP) is 2.87. The third-order valence-electron chi connectivity index (χ3n) is 4.31. The molecule has 106 valence electrons. The fourth-order valence-corrected chi connectivity index (χ4v) is 3.64. The Labute approximate surface area is 123 Å². The number of carbonyl (C=O) groups is 2. The normalized spacial score (nSPS) is 29.9. The zero-order valence-electron chi connectivity index (χ0n) is 10.8. The molecule has 0 atom stereocenters. The Morgan fingerprint density at radius 1 is 1.30 bits per heavy atom. The van der Waals surface area contributed by atoms with E-state index in [1.165, 1.54) is 19.2 Å². The van der Waals surface area contributed by atoms with Crippen LogP contribution in [0.3, 0.4) is 0 Å². The highest BCUT2D eigenvalue weighted by atomic mass is 79.9. The SMILES string of the molecule is COC(=O)C12CC(C(=O)Nc3ccc(Br)cc3F)(C1)C2. The molecular weight excluding hydrogens is 329 g/mol. The van der Waals surface area contributed by atoms with Crippen LogP contribution in [0.2, 0.25) is 0 Å². The van der Waals surface area contributed by atoms with Gasteiger partial charge in [0.15, 0.2) is 0 Å². The summed E-state index contributed by atoms with van der Waals surface area (Å²) >= 11 is 3.16. The maximum Gasteiger partial charge on any atom is 0.311 e. The van der Waals surface area contributed by atoms with Crippen molar-refractivity contribution in [3.05, 3.63) is 28.5 Å². The van der Waals surface area contributed by atoms with Crippen molar-refractivity contribution in [3.8, 4) is 0 Å². The number of carbonyl (C=O) groups excluding carboxylic acids is 2. The standard InChI is InChI=1S/C14H13BrFNO3/c1-20-12(19)14-5-13(6-14,7-14)11(18)17-10-3-2-8(15)4-9(10)16/h2-4H,5-7H2,1H3,(H,17,18). The van der Waals surface area contributed by atoms with Gasteiger partial charge in [0, 0.05) is 4.47 Å². The van der Waals surface area contributed by atoms with E-state index in [1.807, 2.05) is 0 Å². The molecule has 1 N–H and O–H groups in total. The minimum atomic E-state index is -0.520. The molecule has 0 aromatic heterocycles. The van der Waals surface area contributed by atoms with E-state index in [4.69, 9.17) is 4.74 Å². The van der Waals surface area contributed by atoms with Crippen molar-refractivity contribution in [3.63, 3.8) is 0 Å². The Bertz CT molecular complexity index is 597. The van der Waals surface area contributed by atoms with Crippen molar-refractivity contribution in [1.29, 1.82) is 0 Å². The Morgan fingerprint density at radius 3 is 2.50 bits per heavy atom. The lowest BCUT2D eigenvalue weighted by atomic mass is 9.35. The molecule has 0 saturated heterocycles. The molecule has 0 heterocycles. The maximum absolute atomic E-state index is 13.7. The van der Waals surface area contributed by atoms with E-state index in [0.29, 0.717) is 23.7 Å². The van der Waals surface area contributed by atoms with Gasteiger partial charge >= 0.3 is 5.97 Å². The van der Waals surface area contributed by atoms with E-state index in [2.05, 4.69) is 21.2 Å². The van der Waals surface area contributed by atoms with E-state index in [1.54, 1.807) is 6.07 Å². The second-order valence-corrected chi connectivity index (χ2v) is 6.58. The highest BCUT2D eigenvalue weighted by molar-refractivity contribution is 9.10. The van der Waals surface area contributed by atoms with Gasteiger partial charge in [0.05, 0.1) is 23.6 Å². The molecule has 0 spiro atoms. The van der Waals surface area contributed by atoms with Crippen LogP contribution in [0.15, 0.2) is 22.7 Å². The van der Waals surface area contributed by atoms with Gasteiger partial charge in [-0.25, -0.2) is 4.39 Å². The fourth-order valence-electron chi connectivity index (χ4n) is 3.31. The summed E-state index contributed by atoms with van der Waals surface area (Å²) in [6, 6.07) is 4.48. The van der Waals surface area contributed by atoms with Crippen LogP contribution in [0.5, 0.6) is 0 Å². The fraction of sp³-hybridized carbons (Fsp3) is 0.429. The molecular formula is C14H13BrFNO3. The van der Waals surface area contributed by atoms with Crippen molar-refractivity contribution >= 4 is 33.5 Å². The number of anilines is 1. The monoisotopic (exact) mass is 341 g/mol. The smallest absolute Gasteiger partial charge is 0.311 e. The molecule has 0 radical (unpaired) electrons. The van der Waals surface area contributed by atoms with E-state index in [9.17, 15) is 14.0 Å². The molecule has 0 aliphatic heterocycles. The highest BCUT2D eigenvalue weighted by Gasteiger charge is 2.75. The predicted molar refractivity (Wildman–Crippen MR) is 73.5 cm³/mol. The minimum absolute atomic E-state index is 0.162. The van der Waals surface area contributed by atoms with Crippen molar-refractivity contribution in [2.75, 3.05) is 12.4 Å². The topological polar surface area (TPSA) is 55.4 Å². The van der Waals surface area contributed by atoms with Gasteiger partial charge in [0.2, 0.25) is 5.91 Å². The summed E-state index contributed by atoms with van der Waals surface area (Å²) in [5, 5.41) is 2.61. The quantitative estimate of drug-likeness (QED) is 0.860. The number of esters is 1. The number of amides is 1. The van der Waals surface area contributed by atoms with E-state index in [0.717, 1.165) is 0 Å². The number of halogens is 2. The molecule has 3 fully saturated rings. The van der Waals surface area contributed by atoms with Crippen molar-refractivity contribution in [2.24, 2.45) is 10.8 Å². The molecule has 0 unspecified atom stereocenters. The molecule has 20 heavy (non-hydrogen) atoms. The number of hydrogen-bond donors (Lipinski definition) is 1. The lowest BCUT2D eigenvalue weighted by molar-refractivity contribution is -0.220. The number of methoxy groups -OCH3 is 1. The zero-order chi connectivity index (χ0) is 14.5. The molecule has 3 aliphatic carbocycles. The van der Waals surface area contributed by atoms with Crippen LogP contribution in [-0.4, -0.2) is 19.0 Å². The average molecular weight is 342 g/mol. The lowest BCUT2D eigenvalue weighted by Gasteiger charge is -2.66. The average Bonchev–Trinajstić information content (AvgIpc) is 2.29. The maximum atomic E-state index is 13.7. The molecule has 1 amide bonds. The molecule has 1 aromatic rings. The second kappa shape index (κ2) is 4.28. The first-order chi connectivity index (χ1) is 9.41. The Kier molecular flexibility index (Phi) is 2.90. The summed E-state index contributed by atoms with van der Waals surface area (Å²) in [6.45, 7) is 0. The van der Waals surface area contributed by atoms with Crippen LogP contribution in [0.25, 0.3) is 0 Å². The van der Waals surface area contributed by atoms with Gasteiger partial charge in [0.25, 0.3) is 0 Å². The van der Waals surface area contributed by atoms with Gasteiger partial charge in [0.1, 0.15) is 5.82 Å². The number of rotatable bonds is 3. The first-order valence-corrected chi connectivity index (χ1v) is 7.05. The minimum Gasteiger partial charge on any atom is -0.469 e. The van der Waals surface area contributed by atoms with Gasteiger partial charge in [-0.05, 0) is 37.5 Å². The third kappa shape index (κ3) is 1.78. The van der Waals surface area contributed by atoms with Crippen molar-refractivity contribution < 1.29 is 18.7 Å². The Balaban J connectivity index is 1.67. The van der Waals surface area contributed by atoms with E-state index in [-0.39, 0.29) is 17.6 Å². The second-order valence-electron chi connectivity index (χ2n) is 5.66.